The molecule has 0 saturated carbocycles. The Labute approximate surface area is 97.5 Å². The van der Waals surface area contributed by atoms with Gasteiger partial charge in [0, 0.05) is 5.02 Å². The van der Waals surface area contributed by atoms with Gasteiger partial charge in [-0.25, -0.2) is 0 Å². The molecule has 0 bridgehead atoms. The number of aliphatic carboxylic acids is 2. The van der Waals surface area contributed by atoms with E-state index in [1.165, 1.54) is 19.1 Å². The minimum absolute atomic E-state index is 0.209. The van der Waals surface area contributed by atoms with Crippen molar-refractivity contribution in [2.24, 2.45) is 0 Å². The number of halogens is 1. The minimum Gasteiger partial charge on any atom is -0.481 e. The number of hydrogen-bond acceptors (Lipinski definition) is 2. The van der Waals surface area contributed by atoms with Crippen LogP contribution < -0.4 is 0 Å². The normalized spacial score (nSPS) is 12.1. The van der Waals surface area contributed by atoms with Crippen LogP contribution in [0.15, 0.2) is 18.2 Å². The number of hydrogen-bond donors (Lipinski definition) is 2. The van der Waals surface area contributed by atoms with Crippen LogP contribution in [0.5, 0.6) is 0 Å². The lowest BCUT2D eigenvalue weighted by molar-refractivity contribution is -0.138. The highest BCUT2D eigenvalue weighted by atomic mass is 35.5. The van der Waals surface area contributed by atoms with Gasteiger partial charge in [-0.15, -0.1) is 0 Å². The Hall–Kier alpha value is -1.55. The lowest BCUT2D eigenvalue weighted by Gasteiger charge is -2.09. The van der Waals surface area contributed by atoms with Crippen LogP contribution in [0.2, 0.25) is 5.02 Å². The summed E-state index contributed by atoms with van der Waals surface area (Å²) in [5, 5.41) is 17.8. The molecule has 4 nitrogen and oxygen atoms in total. The predicted octanol–water partition coefficient (Wildman–Crippen LogP) is 2.16. The summed E-state index contributed by atoms with van der Waals surface area (Å²) in [4.78, 5) is 21.3. The highest BCUT2D eigenvalue weighted by Gasteiger charge is 2.15. The van der Waals surface area contributed by atoms with Crippen molar-refractivity contribution in [3.05, 3.63) is 34.3 Å². The second-order valence-electron chi connectivity index (χ2n) is 3.48. The summed E-state index contributed by atoms with van der Waals surface area (Å²) < 4.78 is 0. The molecule has 1 unspecified atom stereocenters. The number of carbonyl (C=O) groups is 2. The van der Waals surface area contributed by atoms with Gasteiger partial charge < -0.3 is 10.2 Å². The van der Waals surface area contributed by atoms with E-state index in [-0.39, 0.29) is 6.42 Å². The van der Waals surface area contributed by atoms with Gasteiger partial charge in [0.25, 0.3) is 0 Å². The van der Waals surface area contributed by atoms with Crippen molar-refractivity contribution in [3.8, 4) is 0 Å². The summed E-state index contributed by atoms with van der Waals surface area (Å²) in [6, 6.07) is 4.64. The lowest BCUT2D eigenvalue weighted by Crippen LogP contribution is -2.08. The van der Waals surface area contributed by atoms with E-state index in [1.807, 2.05) is 0 Å². The van der Waals surface area contributed by atoms with Gasteiger partial charge in [0.15, 0.2) is 0 Å². The highest BCUT2D eigenvalue weighted by molar-refractivity contribution is 6.31. The Bertz CT molecular complexity index is 428. The summed E-state index contributed by atoms with van der Waals surface area (Å²) in [5.41, 5.74) is 0.980. The maximum Gasteiger partial charge on any atom is 0.310 e. The zero-order chi connectivity index (χ0) is 12.3. The highest BCUT2D eigenvalue weighted by Crippen LogP contribution is 2.23. The third-order valence-electron chi connectivity index (χ3n) is 2.28. The van der Waals surface area contributed by atoms with Gasteiger partial charge in [0.05, 0.1) is 12.3 Å². The first-order chi connectivity index (χ1) is 7.41. The Morgan fingerprint density at radius 2 is 2.00 bits per heavy atom. The van der Waals surface area contributed by atoms with Gasteiger partial charge >= 0.3 is 11.9 Å². The minimum atomic E-state index is -0.998. The zero-order valence-corrected chi connectivity index (χ0v) is 9.36. The summed E-state index contributed by atoms with van der Waals surface area (Å²) in [7, 11) is 0. The topological polar surface area (TPSA) is 74.6 Å². The molecule has 0 radical (unpaired) electrons. The molecule has 0 aliphatic rings. The first kappa shape index (κ1) is 12.5. The first-order valence-corrected chi connectivity index (χ1v) is 5.02. The molecular weight excluding hydrogens is 232 g/mol. The Kier molecular flexibility index (Phi) is 3.90. The summed E-state index contributed by atoms with van der Waals surface area (Å²) in [6.07, 6.45) is -0.209. The van der Waals surface area contributed by atoms with Crippen molar-refractivity contribution in [1.82, 2.24) is 0 Å². The van der Waals surface area contributed by atoms with Crippen LogP contribution in [0.25, 0.3) is 0 Å². The fraction of sp³-hybridized carbons (Fsp3) is 0.273. The summed E-state index contributed by atoms with van der Waals surface area (Å²) in [6.45, 7) is 1.54. The second kappa shape index (κ2) is 4.99. The SMILES string of the molecule is CC(C(=O)O)c1ccc(Cl)c(CC(=O)O)c1. The van der Waals surface area contributed by atoms with Crippen LogP contribution in [0.1, 0.15) is 24.0 Å². The number of rotatable bonds is 4. The molecule has 0 amide bonds. The fourth-order valence-corrected chi connectivity index (χ4v) is 1.49. The zero-order valence-electron chi connectivity index (χ0n) is 8.61. The molecule has 0 aromatic heterocycles. The van der Waals surface area contributed by atoms with Crippen molar-refractivity contribution >= 4 is 23.5 Å². The van der Waals surface area contributed by atoms with Crippen molar-refractivity contribution in [1.29, 1.82) is 0 Å². The molecule has 0 fully saturated rings. The third-order valence-corrected chi connectivity index (χ3v) is 2.65. The van der Waals surface area contributed by atoms with Crippen molar-refractivity contribution in [2.45, 2.75) is 19.3 Å². The lowest BCUT2D eigenvalue weighted by atomic mass is 9.98. The maximum absolute atomic E-state index is 10.8. The van der Waals surface area contributed by atoms with Gasteiger partial charge in [-0.1, -0.05) is 23.7 Å². The molecule has 0 spiro atoms. The fourth-order valence-electron chi connectivity index (χ4n) is 1.30. The van der Waals surface area contributed by atoms with Crippen LogP contribution in [0, 0.1) is 0 Å². The molecule has 0 saturated heterocycles. The van der Waals surface area contributed by atoms with Crippen molar-refractivity contribution in [3.63, 3.8) is 0 Å². The molecule has 1 rings (SSSR count). The standard InChI is InChI=1S/C11H11ClO4/c1-6(11(15)16)7-2-3-9(12)8(4-7)5-10(13)14/h2-4,6H,5H2,1H3,(H,13,14)(H,15,16). The van der Waals surface area contributed by atoms with Crippen LogP contribution in [0.3, 0.4) is 0 Å². The number of benzene rings is 1. The summed E-state index contributed by atoms with van der Waals surface area (Å²) >= 11 is 5.81. The summed E-state index contributed by atoms with van der Waals surface area (Å²) in [5.74, 6) is -2.63. The van der Waals surface area contributed by atoms with Crippen molar-refractivity contribution in [2.75, 3.05) is 0 Å². The van der Waals surface area contributed by atoms with Crippen LogP contribution >= 0.6 is 11.6 Å². The molecule has 86 valence electrons. The number of carboxylic acid groups (broad SMARTS) is 2. The van der Waals surface area contributed by atoms with E-state index >= 15 is 0 Å². The van der Waals surface area contributed by atoms with Gasteiger partial charge in [-0.2, -0.15) is 0 Å². The van der Waals surface area contributed by atoms with Crippen LogP contribution in [-0.4, -0.2) is 22.2 Å². The van der Waals surface area contributed by atoms with Crippen LogP contribution in [-0.2, 0) is 16.0 Å². The predicted molar refractivity (Wildman–Crippen MR) is 58.8 cm³/mol. The van der Waals surface area contributed by atoms with Gasteiger partial charge in [-0.3, -0.25) is 9.59 Å². The van der Waals surface area contributed by atoms with Crippen LogP contribution in [0.4, 0.5) is 0 Å². The number of carboxylic acids is 2. The van der Waals surface area contributed by atoms with E-state index in [0.29, 0.717) is 16.1 Å². The molecule has 2 N–H and O–H groups in total. The molecule has 0 aliphatic carbocycles. The molecule has 5 heteroatoms. The Balaban J connectivity index is 3.06. The largest absolute Gasteiger partial charge is 0.481 e. The van der Waals surface area contributed by atoms with E-state index in [9.17, 15) is 9.59 Å². The molecule has 1 aromatic rings. The van der Waals surface area contributed by atoms with E-state index < -0.39 is 17.9 Å². The third kappa shape index (κ3) is 2.97. The monoisotopic (exact) mass is 242 g/mol. The second-order valence-corrected chi connectivity index (χ2v) is 3.89. The smallest absolute Gasteiger partial charge is 0.310 e. The van der Waals surface area contributed by atoms with Gasteiger partial charge in [-0.05, 0) is 24.1 Å². The molecule has 1 aromatic carbocycles. The quantitative estimate of drug-likeness (QED) is 0.848. The molecular formula is C11H11ClO4. The van der Waals surface area contributed by atoms with Gasteiger partial charge in [0.1, 0.15) is 0 Å². The van der Waals surface area contributed by atoms with E-state index in [2.05, 4.69) is 0 Å². The molecule has 1 atom stereocenters. The van der Waals surface area contributed by atoms with E-state index in [0.717, 1.165) is 0 Å². The maximum atomic E-state index is 10.8. The van der Waals surface area contributed by atoms with E-state index in [1.54, 1.807) is 6.07 Å². The van der Waals surface area contributed by atoms with E-state index in [4.69, 9.17) is 21.8 Å². The molecule has 16 heavy (non-hydrogen) atoms. The Morgan fingerprint density at radius 3 is 2.50 bits per heavy atom. The first-order valence-electron chi connectivity index (χ1n) is 4.64. The Morgan fingerprint density at radius 1 is 1.38 bits per heavy atom. The van der Waals surface area contributed by atoms with Gasteiger partial charge in [0.2, 0.25) is 0 Å². The average Bonchev–Trinajstić information content (AvgIpc) is 2.19. The van der Waals surface area contributed by atoms with Crippen molar-refractivity contribution < 1.29 is 19.8 Å². The molecule has 0 heterocycles. The average molecular weight is 243 g/mol. The molecule has 0 aliphatic heterocycles.